The van der Waals surface area contributed by atoms with Crippen molar-refractivity contribution in [3.05, 3.63) is 66.2 Å². The summed E-state index contributed by atoms with van der Waals surface area (Å²) < 4.78 is 27.3. The Balaban J connectivity index is 2.14. The van der Waals surface area contributed by atoms with Crippen LogP contribution in [0.1, 0.15) is 19.4 Å². The lowest BCUT2D eigenvalue weighted by molar-refractivity contribution is 0.143. The molecule has 0 saturated carbocycles. The number of aliphatic hydroxyl groups excluding tert-OH is 1. The molecule has 26 heavy (non-hydrogen) atoms. The summed E-state index contributed by atoms with van der Waals surface area (Å²) in [5.74, 6) is 0.169. The summed E-state index contributed by atoms with van der Waals surface area (Å²) in [7, 11) is -3.63. The van der Waals surface area contributed by atoms with Crippen LogP contribution in [0.4, 0.5) is 0 Å². The minimum atomic E-state index is -3.63. The molecule has 2 rings (SSSR count). The largest absolute Gasteiger partial charge is 0.391 e. The summed E-state index contributed by atoms with van der Waals surface area (Å²) >= 11 is 2.21. The van der Waals surface area contributed by atoms with E-state index in [4.69, 9.17) is 0 Å². The number of sulfonamides is 1. The average Bonchev–Trinajstić information content (AvgIpc) is 2.62. The van der Waals surface area contributed by atoms with Gasteiger partial charge in [-0.05, 0) is 30.0 Å². The molecule has 2 aromatic carbocycles. The van der Waals surface area contributed by atoms with Crippen LogP contribution in [0.2, 0.25) is 0 Å². The van der Waals surface area contributed by atoms with Crippen LogP contribution in [0.3, 0.4) is 0 Å². The van der Waals surface area contributed by atoms with Gasteiger partial charge < -0.3 is 5.11 Å². The molecule has 4 nitrogen and oxygen atoms in total. The number of nitrogens with zero attached hydrogens (tertiary/aromatic N) is 1. The Bertz CT molecular complexity index is 766. The fourth-order valence-corrected chi connectivity index (χ4v) is 5.10. The van der Waals surface area contributed by atoms with Crippen LogP contribution in [-0.4, -0.2) is 40.9 Å². The summed E-state index contributed by atoms with van der Waals surface area (Å²) in [4.78, 5) is 0.265. The van der Waals surface area contributed by atoms with Gasteiger partial charge in [0, 0.05) is 17.0 Å². The van der Waals surface area contributed by atoms with E-state index in [1.807, 2.05) is 44.2 Å². The summed E-state index contributed by atoms with van der Waals surface area (Å²) in [6.45, 7) is 4.43. The van der Waals surface area contributed by atoms with Gasteiger partial charge in [0.15, 0.2) is 0 Å². The molecule has 0 heterocycles. The minimum absolute atomic E-state index is 0.0735. The van der Waals surface area contributed by atoms with Gasteiger partial charge >= 0.3 is 0 Å². The van der Waals surface area contributed by atoms with E-state index in [1.165, 1.54) is 4.31 Å². The van der Waals surface area contributed by atoms with Crippen molar-refractivity contribution in [3.8, 4) is 0 Å². The van der Waals surface area contributed by atoms with Crippen molar-refractivity contribution < 1.29 is 13.5 Å². The third kappa shape index (κ3) is 6.04. The molecular formula is C20H26INO3S. The number of benzene rings is 2. The van der Waals surface area contributed by atoms with E-state index in [0.717, 1.165) is 5.56 Å². The monoisotopic (exact) mass is 487 g/mol. The standard InChI is InChI=1S/C20H26INO3S/c1-16(2)14-22(26(24,25)18-11-7-4-8-12-18)15-20(23)19(21)13-17-9-5-3-6-10-17/h3-12,16,19-20,23H,13-15H2,1-2H3/t19-,20+/m0/s1. The van der Waals surface area contributed by atoms with Crippen LogP contribution in [0, 0.1) is 5.92 Å². The first kappa shape index (κ1) is 21.3. The van der Waals surface area contributed by atoms with Crippen LogP contribution in [0.15, 0.2) is 65.6 Å². The molecule has 0 aromatic heterocycles. The lowest BCUT2D eigenvalue weighted by Crippen LogP contribution is -2.42. The Morgan fingerprint density at radius 2 is 1.50 bits per heavy atom. The molecule has 0 aliphatic rings. The first-order valence-corrected chi connectivity index (χ1v) is 11.4. The van der Waals surface area contributed by atoms with Gasteiger partial charge in [-0.1, -0.05) is 85.0 Å². The Hall–Kier alpha value is -0.960. The second kappa shape index (κ2) is 9.82. The lowest BCUT2D eigenvalue weighted by atomic mass is 10.1. The number of rotatable bonds is 9. The zero-order valence-electron chi connectivity index (χ0n) is 15.1. The van der Waals surface area contributed by atoms with Crippen molar-refractivity contribution in [3.63, 3.8) is 0 Å². The highest BCUT2D eigenvalue weighted by Gasteiger charge is 2.29. The maximum absolute atomic E-state index is 13.0. The van der Waals surface area contributed by atoms with Gasteiger partial charge in [0.2, 0.25) is 10.0 Å². The summed E-state index contributed by atoms with van der Waals surface area (Å²) in [6, 6.07) is 18.4. The zero-order valence-corrected chi connectivity index (χ0v) is 18.1. The van der Waals surface area contributed by atoms with Crippen LogP contribution < -0.4 is 0 Å². The van der Waals surface area contributed by atoms with E-state index in [9.17, 15) is 13.5 Å². The van der Waals surface area contributed by atoms with Gasteiger partial charge in [-0.15, -0.1) is 0 Å². The molecule has 2 aromatic rings. The third-order valence-electron chi connectivity index (χ3n) is 4.03. The Morgan fingerprint density at radius 1 is 0.962 bits per heavy atom. The summed E-state index contributed by atoms with van der Waals surface area (Å²) in [5.41, 5.74) is 1.13. The van der Waals surface area contributed by atoms with Crippen molar-refractivity contribution in [1.29, 1.82) is 0 Å². The normalized spacial score (nSPS) is 14.5. The molecule has 0 spiro atoms. The van der Waals surface area contributed by atoms with Gasteiger partial charge in [-0.2, -0.15) is 4.31 Å². The highest BCUT2D eigenvalue weighted by molar-refractivity contribution is 14.1. The first-order valence-electron chi connectivity index (χ1n) is 8.72. The summed E-state index contributed by atoms with van der Waals surface area (Å²) in [5, 5.41) is 10.7. The molecule has 1 N–H and O–H groups in total. The molecule has 0 saturated heterocycles. The van der Waals surface area contributed by atoms with E-state index in [0.29, 0.717) is 13.0 Å². The van der Waals surface area contributed by atoms with Crippen LogP contribution in [0.25, 0.3) is 0 Å². The maximum Gasteiger partial charge on any atom is 0.243 e. The van der Waals surface area contributed by atoms with Crippen molar-refractivity contribution in [2.75, 3.05) is 13.1 Å². The highest BCUT2D eigenvalue weighted by Crippen LogP contribution is 2.21. The summed E-state index contributed by atoms with van der Waals surface area (Å²) in [6.07, 6.45) is -0.0447. The smallest absolute Gasteiger partial charge is 0.243 e. The Kier molecular flexibility index (Phi) is 8.06. The van der Waals surface area contributed by atoms with E-state index in [2.05, 4.69) is 22.6 Å². The van der Waals surface area contributed by atoms with Crippen LogP contribution in [0.5, 0.6) is 0 Å². The molecular weight excluding hydrogens is 461 g/mol. The lowest BCUT2D eigenvalue weighted by Gasteiger charge is -2.28. The van der Waals surface area contributed by atoms with Crippen molar-refractivity contribution in [2.24, 2.45) is 5.92 Å². The SMILES string of the molecule is CC(C)CN(C[C@@H](O)[C@@H](I)Cc1ccccc1)S(=O)(=O)c1ccccc1. The van der Waals surface area contributed by atoms with Gasteiger partial charge in [-0.25, -0.2) is 8.42 Å². The predicted octanol–water partition coefficient (Wildman–Crippen LogP) is 3.74. The zero-order chi connectivity index (χ0) is 19.2. The first-order chi connectivity index (χ1) is 12.3. The number of hydrogen-bond acceptors (Lipinski definition) is 3. The van der Waals surface area contributed by atoms with E-state index in [-0.39, 0.29) is 21.3 Å². The average molecular weight is 487 g/mol. The highest BCUT2D eigenvalue weighted by atomic mass is 127. The number of hydrogen-bond donors (Lipinski definition) is 1. The molecule has 2 atom stereocenters. The maximum atomic E-state index is 13.0. The van der Waals surface area contributed by atoms with Crippen LogP contribution in [-0.2, 0) is 16.4 Å². The second-order valence-corrected chi connectivity index (χ2v) is 10.3. The van der Waals surface area contributed by atoms with E-state index in [1.54, 1.807) is 30.3 Å². The number of alkyl halides is 1. The fourth-order valence-electron chi connectivity index (χ4n) is 2.72. The van der Waals surface area contributed by atoms with E-state index >= 15 is 0 Å². The Morgan fingerprint density at radius 3 is 2.04 bits per heavy atom. The van der Waals surface area contributed by atoms with Crippen molar-refractivity contribution in [1.82, 2.24) is 4.31 Å². The van der Waals surface area contributed by atoms with Gasteiger partial charge in [0.05, 0.1) is 11.0 Å². The number of aliphatic hydroxyl groups is 1. The minimum Gasteiger partial charge on any atom is -0.391 e. The van der Waals surface area contributed by atoms with Crippen molar-refractivity contribution in [2.45, 2.75) is 35.2 Å². The van der Waals surface area contributed by atoms with Crippen LogP contribution >= 0.6 is 22.6 Å². The fraction of sp³-hybridized carbons (Fsp3) is 0.400. The van der Waals surface area contributed by atoms with Gasteiger partial charge in [0.1, 0.15) is 0 Å². The molecule has 142 valence electrons. The molecule has 0 aliphatic heterocycles. The Labute approximate surface area is 170 Å². The third-order valence-corrected chi connectivity index (χ3v) is 7.15. The predicted molar refractivity (Wildman–Crippen MR) is 114 cm³/mol. The van der Waals surface area contributed by atoms with E-state index < -0.39 is 16.1 Å². The molecule has 0 fully saturated rings. The number of halogens is 1. The quantitative estimate of drug-likeness (QED) is 0.433. The molecule has 0 bridgehead atoms. The van der Waals surface area contributed by atoms with Gasteiger partial charge in [-0.3, -0.25) is 0 Å². The molecule has 0 radical (unpaired) electrons. The second-order valence-electron chi connectivity index (χ2n) is 6.80. The molecule has 6 heteroatoms. The topological polar surface area (TPSA) is 57.6 Å². The van der Waals surface area contributed by atoms with Gasteiger partial charge in [0.25, 0.3) is 0 Å². The van der Waals surface area contributed by atoms with Crippen molar-refractivity contribution >= 4 is 32.6 Å². The molecule has 0 unspecified atom stereocenters. The molecule has 0 amide bonds. The molecule has 0 aliphatic carbocycles.